The SMILES string of the molecule is CCNCCCC(N)/C=C\CN.Cl.Cl.Cl.Cl. The van der Waals surface area contributed by atoms with Crippen LogP contribution < -0.4 is 16.8 Å². The van der Waals surface area contributed by atoms with Gasteiger partial charge in [-0.3, -0.25) is 0 Å². The van der Waals surface area contributed by atoms with Gasteiger partial charge in [-0.1, -0.05) is 19.1 Å². The van der Waals surface area contributed by atoms with Crippen LogP contribution in [0, 0.1) is 0 Å². The van der Waals surface area contributed by atoms with Crippen LogP contribution >= 0.6 is 49.6 Å². The lowest BCUT2D eigenvalue weighted by atomic mass is 10.1. The van der Waals surface area contributed by atoms with Gasteiger partial charge in [0.05, 0.1) is 0 Å². The van der Waals surface area contributed by atoms with Crippen LogP contribution in [0.3, 0.4) is 0 Å². The molecule has 0 fully saturated rings. The maximum absolute atomic E-state index is 5.77. The van der Waals surface area contributed by atoms with Crippen LogP contribution in [0.1, 0.15) is 19.8 Å². The molecule has 0 bridgehead atoms. The summed E-state index contributed by atoms with van der Waals surface area (Å²) in [6, 6.07) is 0.173. The third-order valence-electron chi connectivity index (χ3n) is 1.66. The molecule has 0 amide bonds. The van der Waals surface area contributed by atoms with Gasteiger partial charge in [-0.15, -0.1) is 49.6 Å². The number of halogens is 4. The second-order valence-corrected chi connectivity index (χ2v) is 2.82. The maximum atomic E-state index is 5.77. The fourth-order valence-electron chi connectivity index (χ4n) is 0.989. The number of hydrogen-bond donors (Lipinski definition) is 3. The van der Waals surface area contributed by atoms with E-state index in [1.807, 2.05) is 12.2 Å². The molecule has 0 aromatic rings. The summed E-state index contributed by atoms with van der Waals surface area (Å²) in [6.07, 6.45) is 6.05. The Morgan fingerprint density at radius 1 is 1.19 bits per heavy atom. The van der Waals surface area contributed by atoms with Crippen molar-refractivity contribution in [3.8, 4) is 0 Å². The second-order valence-electron chi connectivity index (χ2n) is 2.82. The van der Waals surface area contributed by atoms with Crippen LogP contribution in [0.25, 0.3) is 0 Å². The van der Waals surface area contributed by atoms with E-state index in [9.17, 15) is 0 Å². The molecule has 0 aromatic carbocycles. The molecule has 0 aliphatic rings. The number of hydrogen-bond acceptors (Lipinski definition) is 3. The van der Waals surface area contributed by atoms with Crippen molar-refractivity contribution < 1.29 is 0 Å². The van der Waals surface area contributed by atoms with Crippen LogP contribution in [-0.2, 0) is 0 Å². The van der Waals surface area contributed by atoms with Crippen LogP contribution in [-0.4, -0.2) is 25.7 Å². The molecule has 0 aliphatic carbocycles. The minimum atomic E-state index is 0. The standard InChI is InChI=1S/C9H21N3.4ClH/c1-2-12-8-4-6-9(11)5-3-7-10;;;;/h3,5,9,12H,2,4,6-8,10-11H2,1H3;4*1H/b5-3-;;;;. The van der Waals surface area contributed by atoms with Crippen molar-refractivity contribution in [2.24, 2.45) is 11.5 Å². The summed E-state index contributed by atoms with van der Waals surface area (Å²) in [5.74, 6) is 0. The molecule has 1 atom stereocenters. The Morgan fingerprint density at radius 3 is 2.19 bits per heavy atom. The lowest BCUT2D eigenvalue weighted by Crippen LogP contribution is -2.21. The summed E-state index contributed by atoms with van der Waals surface area (Å²) in [5.41, 5.74) is 11.1. The molecule has 0 rings (SSSR count). The first kappa shape index (κ1) is 30.1. The zero-order chi connectivity index (χ0) is 9.23. The van der Waals surface area contributed by atoms with Gasteiger partial charge in [0.1, 0.15) is 0 Å². The molecule has 7 heteroatoms. The fourth-order valence-corrected chi connectivity index (χ4v) is 0.989. The van der Waals surface area contributed by atoms with Gasteiger partial charge in [-0.05, 0) is 25.9 Å². The van der Waals surface area contributed by atoms with E-state index in [4.69, 9.17) is 11.5 Å². The molecular weight excluding hydrogens is 292 g/mol. The Bertz CT molecular complexity index is 125. The molecule has 0 radical (unpaired) electrons. The molecule has 16 heavy (non-hydrogen) atoms. The van der Waals surface area contributed by atoms with Gasteiger partial charge in [0, 0.05) is 12.6 Å². The molecule has 0 saturated carbocycles. The van der Waals surface area contributed by atoms with E-state index in [0.29, 0.717) is 6.54 Å². The lowest BCUT2D eigenvalue weighted by Gasteiger charge is -2.05. The topological polar surface area (TPSA) is 64.1 Å². The number of nitrogens with one attached hydrogen (secondary N) is 1. The third-order valence-corrected chi connectivity index (χ3v) is 1.66. The Labute approximate surface area is 124 Å². The molecule has 0 saturated heterocycles. The molecule has 0 aliphatic heterocycles. The van der Waals surface area contributed by atoms with Crippen molar-refractivity contribution in [1.82, 2.24) is 5.32 Å². The maximum Gasteiger partial charge on any atom is 0.0224 e. The van der Waals surface area contributed by atoms with Crippen LogP contribution in [0.15, 0.2) is 12.2 Å². The van der Waals surface area contributed by atoms with Crippen molar-refractivity contribution in [3.05, 3.63) is 12.2 Å². The summed E-state index contributed by atoms with van der Waals surface area (Å²) in [5, 5.41) is 3.26. The predicted molar refractivity (Wildman–Crippen MR) is 82.9 cm³/mol. The molecule has 1 unspecified atom stereocenters. The summed E-state index contributed by atoms with van der Waals surface area (Å²) < 4.78 is 0. The van der Waals surface area contributed by atoms with Gasteiger partial charge in [-0.25, -0.2) is 0 Å². The number of nitrogens with two attached hydrogens (primary N) is 2. The van der Waals surface area contributed by atoms with Crippen molar-refractivity contribution in [3.63, 3.8) is 0 Å². The van der Waals surface area contributed by atoms with Crippen LogP contribution in [0.5, 0.6) is 0 Å². The van der Waals surface area contributed by atoms with Crippen molar-refractivity contribution in [2.45, 2.75) is 25.8 Å². The monoisotopic (exact) mass is 315 g/mol. The summed E-state index contributed by atoms with van der Waals surface area (Å²) in [7, 11) is 0. The Kier molecular flexibility index (Phi) is 46.7. The van der Waals surface area contributed by atoms with Gasteiger partial charge in [0.2, 0.25) is 0 Å². The molecule has 0 spiro atoms. The third kappa shape index (κ3) is 24.2. The van der Waals surface area contributed by atoms with E-state index >= 15 is 0 Å². The zero-order valence-corrected chi connectivity index (χ0v) is 12.8. The Morgan fingerprint density at radius 2 is 1.75 bits per heavy atom. The summed E-state index contributed by atoms with van der Waals surface area (Å²) in [4.78, 5) is 0. The van der Waals surface area contributed by atoms with Crippen LogP contribution in [0.2, 0.25) is 0 Å². The highest BCUT2D eigenvalue weighted by molar-refractivity contribution is 5.86. The largest absolute Gasteiger partial charge is 0.327 e. The normalized spacial score (nSPS) is 10.4. The van der Waals surface area contributed by atoms with Gasteiger partial charge in [0.15, 0.2) is 0 Å². The Hall–Kier alpha value is 0.780. The predicted octanol–water partition coefficient (Wildman–Crippen LogP) is 1.91. The van der Waals surface area contributed by atoms with Gasteiger partial charge in [-0.2, -0.15) is 0 Å². The van der Waals surface area contributed by atoms with E-state index in [1.165, 1.54) is 0 Å². The molecule has 104 valence electrons. The zero-order valence-electron chi connectivity index (χ0n) is 9.56. The highest BCUT2D eigenvalue weighted by atomic mass is 35.5. The quantitative estimate of drug-likeness (QED) is 0.496. The number of rotatable bonds is 7. The smallest absolute Gasteiger partial charge is 0.0224 e. The molecule has 5 N–H and O–H groups in total. The van der Waals surface area contributed by atoms with Gasteiger partial charge >= 0.3 is 0 Å². The van der Waals surface area contributed by atoms with E-state index in [-0.39, 0.29) is 55.7 Å². The Balaban J connectivity index is -0.000000101. The van der Waals surface area contributed by atoms with Crippen LogP contribution in [0.4, 0.5) is 0 Å². The fraction of sp³-hybridized carbons (Fsp3) is 0.778. The first-order valence-corrected chi connectivity index (χ1v) is 4.64. The lowest BCUT2D eigenvalue weighted by molar-refractivity contribution is 0.609. The minimum absolute atomic E-state index is 0. The van der Waals surface area contributed by atoms with E-state index in [2.05, 4.69) is 12.2 Å². The van der Waals surface area contributed by atoms with E-state index < -0.39 is 0 Å². The van der Waals surface area contributed by atoms with Crippen molar-refractivity contribution >= 4 is 49.6 Å². The van der Waals surface area contributed by atoms with Gasteiger partial charge in [0.25, 0.3) is 0 Å². The van der Waals surface area contributed by atoms with Gasteiger partial charge < -0.3 is 16.8 Å². The van der Waals surface area contributed by atoms with Crippen molar-refractivity contribution in [2.75, 3.05) is 19.6 Å². The average Bonchev–Trinajstić information content (AvgIpc) is 2.09. The summed E-state index contributed by atoms with van der Waals surface area (Å²) >= 11 is 0. The minimum Gasteiger partial charge on any atom is -0.327 e. The highest BCUT2D eigenvalue weighted by Gasteiger charge is 1.95. The van der Waals surface area contributed by atoms with Crippen molar-refractivity contribution in [1.29, 1.82) is 0 Å². The molecular formula is C9H25Cl4N3. The second kappa shape index (κ2) is 24.8. The average molecular weight is 317 g/mol. The van der Waals surface area contributed by atoms with E-state index in [0.717, 1.165) is 25.9 Å². The first-order valence-electron chi connectivity index (χ1n) is 4.64. The highest BCUT2D eigenvalue weighted by Crippen LogP contribution is 1.94. The molecule has 3 nitrogen and oxygen atoms in total. The van der Waals surface area contributed by atoms with E-state index in [1.54, 1.807) is 0 Å². The summed E-state index contributed by atoms with van der Waals surface area (Å²) in [6.45, 7) is 4.78. The first-order chi connectivity index (χ1) is 5.81. The molecule has 0 aromatic heterocycles. The molecule has 0 heterocycles.